The van der Waals surface area contributed by atoms with Gasteiger partial charge in [0.15, 0.2) is 0 Å². The van der Waals surface area contributed by atoms with E-state index < -0.39 is 0 Å². The molecule has 1 fully saturated rings. The maximum atomic E-state index is 12.7. The van der Waals surface area contributed by atoms with Crippen molar-refractivity contribution in [3.8, 4) is 5.75 Å². The summed E-state index contributed by atoms with van der Waals surface area (Å²) in [6, 6.07) is 5.91. The zero-order valence-corrected chi connectivity index (χ0v) is 9.64. The van der Waals surface area contributed by atoms with E-state index in [9.17, 15) is 9.50 Å². The first-order chi connectivity index (χ1) is 8.28. The highest BCUT2D eigenvalue weighted by molar-refractivity contribution is 5.21. The second kappa shape index (κ2) is 5.98. The van der Waals surface area contributed by atoms with Crippen LogP contribution in [0.25, 0.3) is 0 Å². The smallest absolute Gasteiger partial charge is 0.123 e. The average Bonchev–Trinajstić information content (AvgIpc) is 3.15. The molecule has 0 saturated carbocycles. The molecule has 0 aliphatic carbocycles. The van der Waals surface area contributed by atoms with Crippen LogP contribution in [0.15, 0.2) is 24.3 Å². The number of ether oxygens (including phenoxy) is 2. The fourth-order valence-electron chi connectivity index (χ4n) is 1.63. The molecule has 2 rings (SSSR count). The van der Waals surface area contributed by atoms with Crippen molar-refractivity contribution in [1.29, 1.82) is 0 Å². The molecule has 1 aromatic rings. The topological polar surface area (TPSA) is 42.0 Å². The summed E-state index contributed by atoms with van der Waals surface area (Å²) >= 11 is 0. The second-order valence-electron chi connectivity index (χ2n) is 4.35. The first kappa shape index (κ1) is 12.3. The molecule has 0 radical (unpaired) electrons. The minimum Gasteiger partial charge on any atom is -0.493 e. The molecule has 1 N–H and O–H groups in total. The molecule has 0 amide bonds. The molecule has 1 heterocycles. The maximum Gasteiger partial charge on any atom is 0.123 e. The number of aliphatic hydroxyl groups is 1. The summed E-state index contributed by atoms with van der Waals surface area (Å²) in [6.07, 6.45) is 2.25. The standard InChI is InChI=1S/C13H17FO3/c14-11-2-5-12(6-3-11)16-8-10(7-15)1-4-13-9-17-13/h2-3,5-6,10,13,15H,1,4,7-9H2/t10-,13-/m1/s1. The third-order valence-electron chi connectivity index (χ3n) is 2.86. The summed E-state index contributed by atoms with van der Waals surface area (Å²) in [6.45, 7) is 1.40. The van der Waals surface area contributed by atoms with E-state index in [0.717, 1.165) is 19.4 Å². The number of halogens is 1. The minimum absolute atomic E-state index is 0.105. The highest BCUT2D eigenvalue weighted by Gasteiger charge is 2.23. The second-order valence-corrected chi connectivity index (χ2v) is 4.35. The number of hydrogen-bond donors (Lipinski definition) is 1. The minimum atomic E-state index is -0.276. The predicted molar refractivity (Wildman–Crippen MR) is 61.4 cm³/mol. The van der Waals surface area contributed by atoms with Crippen LogP contribution < -0.4 is 4.74 Å². The van der Waals surface area contributed by atoms with Gasteiger partial charge in [0, 0.05) is 12.5 Å². The average molecular weight is 240 g/mol. The van der Waals surface area contributed by atoms with Crippen molar-refractivity contribution < 1.29 is 19.0 Å². The van der Waals surface area contributed by atoms with Crippen LogP contribution in [-0.4, -0.2) is 31.0 Å². The van der Waals surface area contributed by atoms with E-state index >= 15 is 0 Å². The molecule has 0 unspecified atom stereocenters. The number of hydrogen-bond acceptors (Lipinski definition) is 3. The van der Waals surface area contributed by atoms with Gasteiger partial charge in [0.1, 0.15) is 11.6 Å². The van der Waals surface area contributed by atoms with Gasteiger partial charge in [-0.1, -0.05) is 0 Å². The Morgan fingerprint density at radius 2 is 2.12 bits per heavy atom. The molecular formula is C13H17FO3. The Labute approximate surface area is 100 Å². The molecule has 1 aliphatic heterocycles. The molecule has 3 nitrogen and oxygen atoms in total. The summed E-state index contributed by atoms with van der Waals surface area (Å²) in [5.74, 6) is 0.471. The van der Waals surface area contributed by atoms with Gasteiger partial charge in [-0.25, -0.2) is 4.39 Å². The lowest BCUT2D eigenvalue weighted by Gasteiger charge is -2.14. The maximum absolute atomic E-state index is 12.7. The van der Waals surface area contributed by atoms with Crippen LogP contribution in [0.3, 0.4) is 0 Å². The Kier molecular flexibility index (Phi) is 4.34. The Morgan fingerprint density at radius 3 is 2.71 bits per heavy atom. The lowest BCUT2D eigenvalue weighted by Crippen LogP contribution is -2.16. The van der Waals surface area contributed by atoms with Gasteiger partial charge < -0.3 is 14.6 Å². The van der Waals surface area contributed by atoms with Crippen LogP contribution in [0.1, 0.15) is 12.8 Å². The van der Waals surface area contributed by atoms with E-state index in [2.05, 4.69) is 0 Å². The van der Waals surface area contributed by atoms with Gasteiger partial charge in [-0.05, 0) is 37.1 Å². The summed E-state index contributed by atoms with van der Waals surface area (Å²) in [7, 11) is 0. The molecule has 1 saturated heterocycles. The Morgan fingerprint density at radius 1 is 1.41 bits per heavy atom. The van der Waals surface area contributed by atoms with Crippen LogP contribution in [-0.2, 0) is 4.74 Å². The van der Waals surface area contributed by atoms with Crippen molar-refractivity contribution >= 4 is 0 Å². The highest BCUT2D eigenvalue weighted by Crippen LogP contribution is 2.20. The fraction of sp³-hybridized carbons (Fsp3) is 0.538. The third-order valence-corrected chi connectivity index (χ3v) is 2.86. The van der Waals surface area contributed by atoms with Crippen molar-refractivity contribution in [2.24, 2.45) is 5.92 Å². The van der Waals surface area contributed by atoms with Crippen molar-refractivity contribution in [3.63, 3.8) is 0 Å². The van der Waals surface area contributed by atoms with Crippen LogP contribution in [0, 0.1) is 11.7 Å². The van der Waals surface area contributed by atoms with Crippen molar-refractivity contribution in [2.45, 2.75) is 18.9 Å². The summed E-state index contributed by atoms with van der Waals surface area (Å²) in [4.78, 5) is 0. The van der Waals surface area contributed by atoms with Crippen LogP contribution in [0.5, 0.6) is 5.75 Å². The van der Waals surface area contributed by atoms with Gasteiger partial charge in [-0.2, -0.15) is 0 Å². The lowest BCUT2D eigenvalue weighted by molar-refractivity contribution is 0.151. The molecule has 0 aromatic heterocycles. The highest BCUT2D eigenvalue weighted by atomic mass is 19.1. The molecule has 0 spiro atoms. The monoisotopic (exact) mass is 240 g/mol. The van der Waals surface area contributed by atoms with E-state index in [0.29, 0.717) is 18.5 Å². The molecule has 2 atom stereocenters. The Balaban J connectivity index is 1.72. The SMILES string of the molecule is OC[C@@H](CC[C@@H]1CO1)COc1ccc(F)cc1. The summed E-state index contributed by atoms with van der Waals surface area (Å²) in [5.41, 5.74) is 0. The predicted octanol–water partition coefficient (Wildman–Crippen LogP) is 1.99. The Bertz CT molecular complexity index is 335. The third kappa shape index (κ3) is 4.32. The van der Waals surface area contributed by atoms with E-state index in [4.69, 9.17) is 9.47 Å². The number of aliphatic hydroxyl groups excluding tert-OH is 1. The first-order valence-corrected chi connectivity index (χ1v) is 5.88. The normalized spacial score (nSPS) is 20.0. The van der Waals surface area contributed by atoms with E-state index in [1.165, 1.54) is 12.1 Å². The van der Waals surface area contributed by atoms with Crippen molar-refractivity contribution in [1.82, 2.24) is 0 Å². The van der Waals surface area contributed by atoms with E-state index in [1.807, 2.05) is 0 Å². The zero-order chi connectivity index (χ0) is 12.1. The molecule has 1 aliphatic rings. The van der Waals surface area contributed by atoms with Crippen molar-refractivity contribution in [3.05, 3.63) is 30.1 Å². The van der Waals surface area contributed by atoms with Gasteiger partial charge in [0.25, 0.3) is 0 Å². The molecule has 17 heavy (non-hydrogen) atoms. The number of rotatable bonds is 7. The van der Waals surface area contributed by atoms with E-state index in [1.54, 1.807) is 12.1 Å². The number of epoxide rings is 1. The summed E-state index contributed by atoms with van der Waals surface area (Å²) in [5, 5.41) is 9.20. The molecule has 0 bridgehead atoms. The summed E-state index contributed by atoms with van der Waals surface area (Å²) < 4.78 is 23.3. The van der Waals surface area contributed by atoms with Gasteiger partial charge in [-0.3, -0.25) is 0 Å². The van der Waals surface area contributed by atoms with E-state index in [-0.39, 0.29) is 18.3 Å². The van der Waals surface area contributed by atoms with Gasteiger partial charge in [-0.15, -0.1) is 0 Å². The molecule has 4 heteroatoms. The Hall–Kier alpha value is -1.13. The first-order valence-electron chi connectivity index (χ1n) is 5.88. The molecule has 94 valence electrons. The lowest BCUT2D eigenvalue weighted by atomic mass is 10.0. The van der Waals surface area contributed by atoms with Crippen LogP contribution in [0.4, 0.5) is 4.39 Å². The number of benzene rings is 1. The van der Waals surface area contributed by atoms with Crippen LogP contribution in [0.2, 0.25) is 0 Å². The van der Waals surface area contributed by atoms with Crippen LogP contribution >= 0.6 is 0 Å². The van der Waals surface area contributed by atoms with Gasteiger partial charge in [0.2, 0.25) is 0 Å². The molecular weight excluding hydrogens is 223 g/mol. The van der Waals surface area contributed by atoms with Gasteiger partial charge in [0.05, 0.1) is 19.3 Å². The van der Waals surface area contributed by atoms with Gasteiger partial charge >= 0.3 is 0 Å². The zero-order valence-electron chi connectivity index (χ0n) is 9.64. The molecule has 1 aromatic carbocycles. The quantitative estimate of drug-likeness (QED) is 0.741. The largest absolute Gasteiger partial charge is 0.493 e. The van der Waals surface area contributed by atoms with Crippen molar-refractivity contribution in [2.75, 3.05) is 19.8 Å². The fourth-order valence-corrected chi connectivity index (χ4v) is 1.63.